The van der Waals surface area contributed by atoms with Crippen LogP contribution in [0.15, 0.2) is 48.5 Å². The minimum absolute atomic E-state index is 0.115. The molecular formula is C16H16ClNO2. The summed E-state index contributed by atoms with van der Waals surface area (Å²) in [7, 11) is 0. The van der Waals surface area contributed by atoms with Gasteiger partial charge in [-0.15, -0.1) is 0 Å². The summed E-state index contributed by atoms with van der Waals surface area (Å²) in [6.07, 6.45) is 0.115. The number of halogens is 1. The fourth-order valence-electron chi connectivity index (χ4n) is 1.69. The summed E-state index contributed by atoms with van der Waals surface area (Å²) in [6.45, 7) is 3.92. The Morgan fingerprint density at radius 1 is 1.05 bits per heavy atom. The number of rotatable bonds is 4. The third kappa shape index (κ3) is 4.00. The van der Waals surface area contributed by atoms with E-state index in [2.05, 4.69) is 5.32 Å². The zero-order chi connectivity index (χ0) is 14.5. The lowest BCUT2D eigenvalue weighted by Crippen LogP contribution is -2.12. The van der Waals surface area contributed by atoms with E-state index in [-0.39, 0.29) is 12.0 Å². The van der Waals surface area contributed by atoms with Crippen LogP contribution in [0.3, 0.4) is 0 Å². The Balaban J connectivity index is 2.03. The fraction of sp³-hybridized carbons (Fsp3) is 0.188. The number of amides is 1. The molecule has 2 rings (SSSR count). The standard InChI is InChI=1S/C16H16ClNO2/c1-11(2)20-15-9-3-12(4-10-15)16(19)18-14-7-5-13(17)6-8-14/h3-11H,1-2H3,(H,18,19). The van der Waals surface area contributed by atoms with Gasteiger partial charge in [-0.05, 0) is 62.4 Å². The van der Waals surface area contributed by atoms with Gasteiger partial charge in [0.25, 0.3) is 5.91 Å². The zero-order valence-corrected chi connectivity index (χ0v) is 12.1. The number of hydrogen-bond acceptors (Lipinski definition) is 2. The van der Waals surface area contributed by atoms with Gasteiger partial charge in [-0.2, -0.15) is 0 Å². The summed E-state index contributed by atoms with van der Waals surface area (Å²) in [4.78, 5) is 12.0. The molecule has 0 saturated carbocycles. The highest BCUT2D eigenvalue weighted by Gasteiger charge is 2.06. The van der Waals surface area contributed by atoms with Crippen LogP contribution in [0.1, 0.15) is 24.2 Å². The van der Waals surface area contributed by atoms with Crippen molar-refractivity contribution in [3.05, 3.63) is 59.1 Å². The zero-order valence-electron chi connectivity index (χ0n) is 11.4. The molecule has 0 atom stereocenters. The van der Waals surface area contributed by atoms with Crippen LogP contribution < -0.4 is 10.1 Å². The number of carbonyl (C=O) groups excluding carboxylic acids is 1. The maximum Gasteiger partial charge on any atom is 0.255 e. The Kier molecular flexibility index (Phi) is 4.64. The van der Waals surface area contributed by atoms with E-state index in [9.17, 15) is 4.79 Å². The molecule has 4 heteroatoms. The molecule has 0 aliphatic carbocycles. The van der Waals surface area contributed by atoms with Gasteiger partial charge in [0.1, 0.15) is 5.75 Å². The van der Waals surface area contributed by atoms with Crippen molar-refractivity contribution < 1.29 is 9.53 Å². The van der Waals surface area contributed by atoms with E-state index in [1.807, 2.05) is 13.8 Å². The molecule has 0 saturated heterocycles. The number of benzene rings is 2. The minimum atomic E-state index is -0.164. The fourth-order valence-corrected chi connectivity index (χ4v) is 1.82. The second kappa shape index (κ2) is 6.44. The largest absolute Gasteiger partial charge is 0.491 e. The normalized spacial score (nSPS) is 10.4. The van der Waals surface area contributed by atoms with Gasteiger partial charge in [-0.25, -0.2) is 0 Å². The summed E-state index contributed by atoms with van der Waals surface area (Å²) in [5, 5.41) is 3.44. The minimum Gasteiger partial charge on any atom is -0.491 e. The lowest BCUT2D eigenvalue weighted by molar-refractivity contribution is 0.102. The molecule has 1 amide bonds. The van der Waals surface area contributed by atoms with Gasteiger partial charge in [0.2, 0.25) is 0 Å². The third-order valence-electron chi connectivity index (χ3n) is 2.59. The summed E-state index contributed by atoms with van der Waals surface area (Å²) >= 11 is 5.80. The SMILES string of the molecule is CC(C)Oc1ccc(C(=O)Nc2ccc(Cl)cc2)cc1. The van der Waals surface area contributed by atoms with Gasteiger partial charge in [0.15, 0.2) is 0 Å². The maximum absolute atomic E-state index is 12.0. The molecule has 0 aliphatic heterocycles. The van der Waals surface area contributed by atoms with Crippen LogP contribution in [0.2, 0.25) is 5.02 Å². The van der Waals surface area contributed by atoms with Crippen molar-refractivity contribution in [2.75, 3.05) is 5.32 Å². The van der Waals surface area contributed by atoms with Crippen molar-refractivity contribution in [1.82, 2.24) is 0 Å². The van der Waals surface area contributed by atoms with Crippen molar-refractivity contribution >= 4 is 23.2 Å². The van der Waals surface area contributed by atoms with E-state index in [1.165, 1.54) is 0 Å². The average molecular weight is 290 g/mol. The molecular weight excluding hydrogens is 274 g/mol. The van der Waals surface area contributed by atoms with E-state index >= 15 is 0 Å². The Bertz CT molecular complexity index is 576. The highest BCUT2D eigenvalue weighted by molar-refractivity contribution is 6.30. The Morgan fingerprint density at radius 3 is 2.20 bits per heavy atom. The number of carbonyl (C=O) groups is 1. The van der Waals surface area contributed by atoms with E-state index in [0.29, 0.717) is 16.3 Å². The lowest BCUT2D eigenvalue weighted by atomic mass is 10.2. The molecule has 0 unspecified atom stereocenters. The van der Waals surface area contributed by atoms with Crippen molar-refractivity contribution in [3.63, 3.8) is 0 Å². The van der Waals surface area contributed by atoms with Crippen molar-refractivity contribution in [3.8, 4) is 5.75 Å². The van der Waals surface area contributed by atoms with Gasteiger partial charge in [-0.3, -0.25) is 4.79 Å². The van der Waals surface area contributed by atoms with Crippen LogP contribution in [0.25, 0.3) is 0 Å². The van der Waals surface area contributed by atoms with E-state index < -0.39 is 0 Å². The summed E-state index contributed by atoms with van der Waals surface area (Å²) in [6, 6.07) is 14.0. The molecule has 3 nitrogen and oxygen atoms in total. The first kappa shape index (κ1) is 14.4. The van der Waals surface area contributed by atoms with Crippen molar-refractivity contribution in [2.45, 2.75) is 20.0 Å². The molecule has 1 N–H and O–H groups in total. The van der Waals surface area contributed by atoms with Gasteiger partial charge in [0.05, 0.1) is 6.10 Å². The van der Waals surface area contributed by atoms with Crippen molar-refractivity contribution in [1.29, 1.82) is 0 Å². The average Bonchev–Trinajstić information content (AvgIpc) is 2.41. The molecule has 2 aromatic carbocycles. The third-order valence-corrected chi connectivity index (χ3v) is 2.84. The smallest absolute Gasteiger partial charge is 0.255 e. The molecule has 0 spiro atoms. The first-order chi connectivity index (χ1) is 9.54. The second-order valence-corrected chi connectivity index (χ2v) is 5.09. The lowest BCUT2D eigenvalue weighted by Gasteiger charge is -2.10. The van der Waals surface area contributed by atoms with Crippen LogP contribution in [0.5, 0.6) is 5.75 Å². The Morgan fingerprint density at radius 2 is 1.65 bits per heavy atom. The molecule has 0 aliphatic rings. The predicted molar refractivity (Wildman–Crippen MR) is 81.6 cm³/mol. The maximum atomic E-state index is 12.0. The number of ether oxygens (including phenoxy) is 1. The summed E-state index contributed by atoms with van der Waals surface area (Å²) < 4.78 is 5.53. The molecule has 0 aromatic heterocycles. The van der Waals surface area contributed by atoms with Crippen LogP contribution in [-0.2, 0) is 0 Å². The van der Waals surface area contributed by atoms with Gasteiger partial charge < -0.3 is 10.1 Å². The Labute approximate surface area is 123 Å². The van der Waals surface area contributed by atoms with Gasteiger partial charge >= 0.3 is 0 Å². The van der Waals surface area contributed by atoms with Crippen LogP contribution >= 0.6 is 11.6 Å². The predicted octanol–water partition coefficient (Wildman–Crippen LogP) is 4.38. The monoisotopic (exact) mass is 289 g/mol. The first-order valence-electron chi connectivity index (χ1n) is 6.38. The number of nitrogens with one attached hydrogen (secondary N) is 1. The molecule has 0 heterocycles. The molecule has 0 fully saturated rings. The molecule has 20 heavy (non-hydrogen) atoms. The van der Waals surface area contributed by atoms with E-state index in [0.717, 1.165) is 5.75 Å². The van der Waals surface area contributed by atoms with Gasteiger partial charge in [-0.1, -0.05) is 11.6 Å². The first-order valence-corrected chi connectivity index (χ1v) is 6.76. The Hall–Kier alpha value is -2.00. The quantitative estimate of drug-likeness (QED) is 0.907. The highest BCUT2D eigenvalue weighted by Crippen LogP contribution is 2.17. The van der Waals surface area contributed by atoms with E-state index in [1.54, 1.807) is 48.5 Å². The van der Waals surface area contributed by atoms with Crippen LogP contribution in [0.4, 0.5) is 5.69 Å². The molecule has 104 valence electrons. The molecule has 0 bridgehead atoms. The van der Waals surface area contributed by atoms with Gasteiger partial charge in [0, 0.05) is 16.3 Å². The summed E-state index contributed by atoms with van der Waals surface area (Å²) in [5.74, 6) is 0.589. The van der Waals surface area contributed by atoms with Crippen molar-refractivity contribution in [2.24, 2.45) is 0 Å². The van der Waals surface area contributed by atoms with Crippen LogP contribution in [0, 0.1) is 0 Å². The molecule has 0 radical (unpaired) electrons. The molecule has 2 aromatic rings. The van der Waals surface area contributed by atoms with E-state index in [4.69, 9.17) is 16.3 Å². The van der Waals surface area contributed by atoms with Crippen LogP contribution in [-0.4, -0.2) is 12.0 Å². The second-order valence-electron chi connectivity index (χ2n) is 4.65. The number of anilines is 1. The summed E-state index contributed by atoms with van der Waals surface area (Å²) in [5.41, 5.74) is 1.29. The number of hydrogen-bond donors (Lipinski definition) is 1. The topological polar surface area (TPSA) is 38.3 Å². The highest BCUT2D eigenvalue weighted by atomic mass is 35.5.